The van der Waals surface area contributed by atoms with Crippen LogP contribution in [0, 0.1) is 12.7 Å². The Bertz CT molecular complexity index is 656. The van der Waals surface area contributed by atoms with Crippen molar-refractivity contribution in [1.82, 2.24) is 0 Å². The number of hydrogen-bond acceptors (Lipinski definition) is 2. The lowest BCUT2D eigenvalue weighted by Crippen LogP contribution is -2.06. The fraction of sp³-hybridized carbons (Fsp3) is 0.133. The molecule has 104 valence electrons. The van der Waals surface area contributed by atoms with Crippen molar-refractivity contribution in [3.63, 3.8) is 0 Å². The molecular formula is C15H12BrFO3. The molecule has 0 fully saturated rings. The summed E-state index contributed by atoms with van der Waals surface area (Å²) < 4.78 is 19.7. The van der Waals surface area contributed by atoms with Crippen molar-refractivity contribution in [2.24, 2.45) is 0 Å². The zero-order valence-corrected chi connectivity index (χ0v) is 12.3. The number of aromatic carboxylic acids is 1. The van der Waals surface area contributed by atoms with Gasteiger partial charge in [-0.05, 0) is 42.8 Å². The molecule has 0 aliphatic carbocycles. The summed E-state index contributed by atoms with van der Waals surface area (Å²) in [7, 11) is 0. The second kappa shape index (κ2) is 6.05. The zero-order chi connectivity index (χ0) is 14.7. The summed E-state index contributed by atoms with van der Waals surface area (Å²) >= 11 is 3.34. The topological polar surface area (TPSA) is 46.5 Å². The van der Waals surface area contributed by atoms with Gasteiger partial charge < -0.3 is 9.84 Å². The summed E-state index contributed by atoms with van der Waals surface area (Å²) in [6.07, 6.45) is 0. The minimum atomic E-state index is -1.10. The number of halogens is 2. The average Bonchev–Trinajstić information content (AvgIpc) is 2.39. The lowest BCUT2D eigenvalue weighted by atomic mass is 10.1. The Balaban J connectivity index is 2.24. The first-order chi connectivity index (χ1) is 9.47. The van der Waals surface area contributed by atoms with E-state index in [0.717, 1.165) is 16.1 Å². The number of ether oxygens (including phenoxy) is 1. The molecule has 0 heterocycles. The van der Waals surface area contributed by atoms with Crippen LogP contribution >= 0.6 is 15.9 Å². The van der Waals surface area contributed by atoms with Gasteiger partial charge in [0.15, 0.2) is 0 Å². The van der Waals surface area contributed by atoms with Crippen LogP contribution in [-0.4, -0.2) is 11.1 Å². The monoisotopic (exact) mass is 338 g/mol. The Morgan fingerprint density at radius 3 is 2.75 bits per heavy atom. The molecule has 20 heavy (non-hydrogen) atoms. The highest BCUT2D eigenvalue weighted by atomic mass is 79.9. The molecule has 2 aromatic rings. The van der Waals surface area contributed by atoms with Crippen LogP contribution in [0.4, 0.5) is 4.39 Å². The highest BCUT2D eigenvalue weighted by molar-refractivity contribution is 9.10. The van der Waals surface area contributed by atoms with Gasteiger partial charge in [-0.3, -0.25) is 0 Å². The molecule has 2 aromatic carbocycles. The molecule has 0 saturated heterocycles. The fourth-order valence-electron chi connectivity index (χ4n) is 1.78. The Hall–Kier alpha value is -1.88. The van der Waals surface area contributed by atoms with Crippen molar-refractivity contribution in [1.29, 1.82) is 0 Å². The van der Waals surface area contributed by atoms with E-state index in [4.69, 9.17) is 9.84 Å². The third kappa shape index (κ3) is 3.36. The second-order valence-electron chi connectivity index (χ2n) is 4.31. The number of carboxylic acid groups (broad SMARTS) is 1. The minimum absolute atomic E-state index is 0.00329. The highest BCUT2D eigenvalue weighted by Gasteiger charge is 2.12. The van der Waals surface area contributed by atoms with Crippen LogP contribution in [0.1, 0.15) is 21.5 Å². The Labute approximate surface area is 124 Å². The molecule has 0 aromatic heterocycles. The van der Waals surface area contributed by atoms with Crippen molar-refractivity contribution >= 4 is 21.9 Å². The first-order valence-electron chi connectivity index (χ1n) is 5.88. The van der Waals surface area contributed by atoms with E-state index < -0.39 is 11.8 Å². The lowest BCUT2D eigenvalue weighted by Gasteiger charge is -2.11. The molecule has 0 aliphatic rings. The van der Waals surface area contributed by atoms with Gasteiger partial charge in [-0.15, -0.1) is 0 Å². The van der Waals surface area contributed by atoms with E-state index in [9.17, 15) is 9.18 Å². The molecule has 0 amide bonds. The largest absolute Gasteiger partial charge is 0.489 e. The summed E-state index contributed by atoms with van der Waals surface area (Å²) in [6, 6.07) is 9.09. The van der Waals surface area contributed by atoms with Crippen molar-refractivity contribution < 1.29 is 19.0 Å². The number of carbonyl (C=O) groups is 1. The number of carboxylic acids is 1. The van der Waals surface area contributed by atoms with E-state index >= 15 is 0 Å². The maximum Gasteiger partial charge on any atom is 0.336 e. The SMILES string of the molecule is Cc1ccc(Br)cc1OCc1cc(F)ccc1C(=O)O. The van der Waals surface area contributed by atoms with Crippen LogP contribution in [-0.2, 0) is 6.61 Å². The van der Waals surface area contributed by atoms with Gasteiger partial charge in [-0.1, -0.05) is 22.0 Å². The average molecular weight is 339 g/mol. The molecule has 0 spiro atoms. The van der Waals surface area contributed by atoms with E-state index in [2.05, 4.69) is 15.9 Å². The maximum absolute atomic E-state index is 13.2. The van der Waals surface area contributed by atoms with Crippen LogP contribution in [0.25, 0.3) is 0 Å². The number of benzene rings is 2. The molecule has 3 nitrogen and oxygen atoms in total. The standard InChI is InChI=1S/C15H12BrFO3/c1-9-2-3-11(16)7-14(9)20-8-10-6-12(17)4-5-13(10)15(18)19/h2-7H,8H2,1H3,(H,18,19). The van der Waals surface area contributed by atoms with Gasteiger partial charge >= 0.3 is 5.97 Å². The predicted octanol–water partition coefficient (Wildman–Crippen LogP) is 4.17. The van der Waals surface area contributed by atoms with E-state index in [1.165, 1.54) is 12.1 Å². The minimum Gasteiger partial charge on any atom is -0.489 e. The highest BCUT2D eigenvalue weighted by Crippen LogP contribution is 2.24. The van der Waals surface area contributed by atoms with Gasteiger partial charge in [0.25, 0.3) is 0 Å². The Kier molecular flexibility index (Phi) is 4.39. The van der Waals surface area contributed by atoms with Crippen molar-refractivity contribution in [2.75, 3.05) is 0 Å². The van der Waals surface area contributed by atoms with Gasteiger partial charge in [-0.2, -0.15) is 0 Å². The summed E-state index contributed by atoms with van der Waals surface area (Å²) in [5, 5.41) is 9.07. The molecule has 0 radical (unpaired) electrons. The number of aryl methyl sites for hydroxylation is 1. The Morgan fingerprint density at radius 1 is 1.30 bits per heavy atom. The van der Waals surface area contributed by atoms with Crippen molar-refractivity contribution in [3.05, 3.63) is 63.4 Å². The number of hydrogen-bond donors (Lipinski definition) is 1. The van der Waals surface area contributed by atoms with E-state index in [1.54, 1.807) is 6.07 Å². The normalized spacial score (nSPS) is 10.3. The van der Waals surface area contributed by atoms with E-state index in [0.29, 0.717) is 11.3 Å². The molecular weight excluding hydrogens is 327 g/mol. The molecule has 0 bridgehead atoms. The maximum atomic E-state index is 13.2. The molecule has 0 atom stereocenters. The van der Waals surface area contributed by atoms with Gasteiger partial charge in [0.2, 0.25) is 0 Å². The van der Waals surface area contributed by atoms with Crippen LogP contribution in [0.2, 0.25) is 0 Å². The van der Waals surface area contributed by atoms with Crippen molar-refractivity contribution in [3.8, 4) is 5.75 Å². The summed E-state index contributed by atoms with van der Waals surface area (Å²) in [5.74, 6) is -0.964. The van der Waals surface area contributed by atoms with Crippen LogP contribution < -0.4 is 4.74 Å². The first kappa shape index (κ1) is 14.5. The van der Waals surface area contributed by atoms with Gasteiger partial charge in [-0.25, -0.2) is 9.18 Å². The van der Waals surface area contributed by atoms with Gasteiger partial charge in [0.05, 0.1) is 5.56 Å². The molecule has 0 aliphatic heterocycles. The summed E-state index contributed by atoms with van der Waals surface area (Å²) in [4.78, 5) is 11.1. The molecule has 0 saturated carbocycles. The smallest absolute Gasteiger partial charge is 0.336 e. The van der Waals surface area contributed by atoms with Gasteiger partial charge in [0.1, 0.15) is 18.2 Å². The van der Waals surface area contributed by atoms with Gasteiger partial charge in [0, 0.05) is 10.0 Å². The van der Waals surface area contributed by atoms with Crippen LogP contribution in [0.15, 0.2) is 40.9 Å². The molecule has 5 heteroatoms. The van der Waals surface area contributed by atoms with Crippen molar-refractivity contribution in [2.45, 2.75) is 13.5 Å². The first-order valence-corrected chi connectivity index (χ1v) is 6.67. The quantitative estimate of drug-likeness (QED) is 0.909. The molecule has 2 rings (SSSR count). The third-order valence-electron chi connectivity index (χ3n) is 2.83. The third-order valence-corrected chi connectivity index (χ3v) is 3.32. The summed E-state index contributed by atoms with van der Waals surface area (Å²) in [6.45, 7) is 1.88. The fourth-order valence-corrected chi connectivity index (χ4v) is 2.12. The Morgan fingerprint density at radius 2 is 2.05 bits per heavy atom. The summed E-state index contributed by atoms with van der Waals surface area (Å²) in [5.41, 5.74) is 1.26. The van der Waals surface area contributed by atoms with E-state index in [1.807, 2.05) is 19.1 Å². The second-order valence-corrected chi connectivity index (χ2v) is 5.22. The molecule has 1 N–H and O–H groups in total. The van der Waals surface area contributed by atoms with Crippen LogP contribution in [0.5, 0.6) is 5.75 Å². The van der Waals surface area contributed by atoms with Crippen LogP contribution in [0.3, 0.4) is 0 Å². The lowest BCUT2D eigenvalue weighted by molar-refractivity contribution is 0.0694. The molecule has 0 unspecified atom stereocenters. The van der Waals surface area contributed by atoms with E-state index in [-0.39, 0.29) is 12.2 Å². The zero-order valence-electron chi connectivity index (χ0n) is 10.7. The number of rotatable bonds is 4. The predicted molar refractivity (Wildman–Crippen MR) is 76.6 cm³/mol.